The molecule has 2 aromatic carbocycles. The average molecular weight is 495 g/mol. The molecule has 1 heterocycles. The van der Waals surface area contributed by atoms with Gasteiger partial charge in [0, 0.05) is 25.1 Å². The van der Waals surface area contributed by atoms with Gasteiger partial charge in [0.15, 0.2) is 0 Å². The van der Waals surface area contributed by atoms with Crippen LogP contribution in [0.5, 0.6) is 11.5 Å². The highest BCUT2D eigenvalue weighted by Crippen LogP contribution is 2.36. The van der Waals surface area contributed by atoms with Crippen LogP contribution in [-0.4, -0.2) is 48.7 Å². The zero-order valence-corrected chi connectivity index (χ0v) is 21.1. The van der Waals surface area contributed by atoms with Crippen LogP contribution in [0.3, 0.4) is 0 Å². The minimum atomic E-state index is -1.97. The largest absolute Gasteiger partial charge is 0.497 e. The quantitative estimate of drug-likeness (QED) is 0.524. The summed E-state index contributed by atoms with van der Waals surface area (Å²) in [7, 11) is 3.09. The lowest BCUT2D eigenvalue weighted by Gasteiger charge is -2.32. The fraction of sp³-hybridized carbons (Fsp3) is 0.464. The average Bonchev–Trinajstić information content (AvgIpc) is 3.17. The number of carbonyl (C=O) groups excluding carboxylic acids is 3. The number of hydrogen-bond acceptors (Lipinski definition) is 6. The molecule has 1 aliphatic heterocycles. The monoisotopic (exact) mass is 494 g/mol. The Labute approximate surface area is 211 Å². The molecule has 0 spiro atoms. The second-order valence-electron chi connectivity index (χ2n) is 9.57. The van der Waals surface area contributed by atoms with E-state index < -0.39 is 23.5 Å². The lowest BCUT2D eigenvalue weighted by Crippen LogP contribution is -2.56. The number of nitrogens with zero attached hydrogens (tertiary/aromatic N) is 1. The van der Waals surface area contributed by atoms with Gasteiger partial charge < -0.3 is 19.5 Å². The van der Waals surface area contributed by atoms with Crippen molar-refractivity contribution in [3.05, 3.63) is 59.7 Å². The van der Waals surface area contributed by atoms with Crippen molar-refractivity contribution in [2.45, 2.75) is 63.6 Å². The molecular weight excluding hydrogens is 460 g/mol. The molecule has 0 unspecified atom stereocenters. The summed E-state index contributed by atoms with van der Waals surface area (Å²) in [5.74, 6) is 0.108. The molecule has 36 heavy (non-hydrogen) atoms. The Morgan fingerprint density at radius 1 is 1.03 bits per heavy atom. The maximum absolute atomic E-state index is 13.9. The van der Waals surface area contributed by atoms with E-state index in [9.17, 15) is 14.4 Å². The van der Waals surface area contributed by atoms with Crippen molar-refractivity contribution in [3.8, 4) is 11.5 Å². The highest BCUT2D eigenvalue weighted by atomic mass is 16.6. The van der Waals surface area contributed by atoms with Gasteiger partial charge >= 0.3 is 6.09 Å². The topological polar surface area (TPSA) is 94.2 Å². The van der Waals surface area contributed by atoms with Crippen molar-refractivity contribution in [2.75, 3.05) is 14.2 Å². The smallest absolute Gasteiger partial charge is 0.418 e. The van der Waals surface area contributed by atoms with E-state index in [0.717, 1.165) is 43.2 Å². The molecule has 0 aromatic heterocycles. The molecule has 1 N–H and O–H groups in total. The van der Waals surface area contributed by atoms with Gasteiger partial charge in [0.05, 0.1) is 14.2 Å². The Morgan fingerprint density at radius 3 is 2.28 bits per heavy atom. The second kappa shape index (κ2) is 11.0. The fourth-order valence-electron chi connectivity index (χ4n) is 5.21. The Bertz CT molecular complexity index is 1080. The molecule has 0 radical (unpaired) electrons. The second-order valence-corrected chi connectivity index (χ2v) is 9.57. The maximum Gasteiger partial charge on any atom is 0.418 e. The van der Waals surface area contributed by atoms with Gasteiger partial charge in [-0.2, -0.15) is 0 Å². The van der Waals surface area contributed by atoms with E-state index in [-0.39, 0.29) is 24.9 Å². The van der Waals surface area contributed by atoms with E-state index >= 15 is 0 Å². The molecular formula is C28H34N2O6. The summed E-state index contributed by atoms with van der Waals surface area (Å²) in [4.78, 5) is 41.8. The zero-order valence-electron chi connectivity index (χ0n) is 21.1. The van der Waals surface area contributed by atoms with Crippen LogP contribution in [0.1, 0.15) is 50.2 Å². The predicted octanol–water partition coefficient (Wildman–Crippen LogP) is 4.25. The molecule has 8 nitrogen and oxygen atoms in total. The molecule has 1 saturated heterocycles. The Morgan fingerprint density at radius 2 is 1.67 bits per heavy atom. The number of nitrogens with one attached hydrogen (secondary N) is 1. The minimum absolute atomic E-state index is 0.0421. The van der Waals surface area contributed by atoms with Crippen molar-refractivity contribution in [1.82, 2.24) is 10.2 Å². The van der Waals surface area contributed by atoms with Crippen LogP contribution in [0, 0.1) is 5.92 Å². The van der Waals surface area contributed by atoms with Crippen molar-refractivity contribution in [1.29, 1.82) is 0 Å². The van der Waals surface area contributed by atoms with E-state index in [1.165, 1.54) is 4.90 Å². The number of amides is 3. The zero-order chi connectivity index (χ0) is 25.7. The van der Waals surface area contributed by atoms with Crippen LogP contribution in [0.15, 0.2) is 48.5 Å². The summed E-state index contributed by atoms with van der Waals surface area (Å²) < 4.78 is 16.3. The van der Waals surface area contributed by atoms with Crippen molar-refractivity contribution in [3.63, 3.8) is 0 Å². The first-order valence-electron chi connectivity index (χ1n) is 12.5. The normalized spacial score (nSPS) is 21.1. The van der Waals surface area contributed by atoms with Crippen LogP contribution in [0.4, 0.5) is 4.79 Å². The number of hydrogen-bond donors (Lipinski definition) is 1. The Hall–Kier alpha value is -3.55. The van der Waals surface area contributed by atoms with Crippen molar-refractivity contribution >= 4 is 17.9 Å². The third-order valence-corrected chi connectivity index (χ3v) is 7.29. The summed E-state index contributed by atoms with van der Waals surface area (Å²) in [5.41, 5.74) is -0.521. The van der Waals surface area contributed by atoms with Gasteiger partial charge in [0.2, 0.25) is 0 Å². The summed E-state index contributed by atoms with van der Waals surface area (Å²) >= 11 is 0. The number of ether oxygens (including phenoxy) is 3. The lowest BCUT2D eigenvalue weighted by molar-refractivity contribution is -0.150. The summed E-state index contributed by atoms with van der Waals surface area (Å²) in [6.45, 7) is 1.99. The van der Waals surface area contributed by atoms with Gasteiger partial charge in [-0.3, -0.25) is 9.59 Å². The molecule has 192 valence electrons. The highest BCUT2D eigenvalue weighted by Gasteiger charge is 2.60. The fourth-order valence-corrected chi connectivity index (χ4v) is 5.21. The Balaban J connectivity index is 1.60. The highest BCUT2D eigenvalue weighted by molar-refractivity contribution is 6.17. The lowest BCUT2D eigenvalue weighted by atomic mass is 9.83. The van der Waals surface area contributed by atoms with Gasteiger partial charge in [-0.1, -0.05) is 49.6 Å². The standard InChI is InChI=1S/C28H34N2O6/c1-19(22-12-8-5-9-13-22)30-26(32)28(36-27(30)33,17-20-10-6-4-7-11-20)25(31)29-18-21-14-23(34-2)16-24(15-21)35-3/h4,6-7,10-11,14-16,19,22H,5,8-9,12-13,17-18H2,1-3H3,(H,29,31)/t19-,28-/m1/s1. The molecule has 3 amide bonds. The van der Waals surface area contributed by atoms with Gasteiger partial charge in [-0.25, -0.2) is 9.69 Å². The number of benzene rings is 2. The molecule has 1 aliphatic carbocycles. The predicted molar refractivity (Wildman–Crippen MR) is 134 cm³/mol. The number of imide groups is 1. The van der Waals surface area contributed by atoms with Crippen LogP contribution >= 0.6 is 0 Å². The molecule has 0 bridgehead atoms. The van der Waals surface area contributed by atoms with Gasteiger partial charge in [0.25, 0.3) is 17.4 Å². The van der Waals surface area contributed by atoms with Gasteiger partial charge in [-0.15, -0.1) is 0 Å². The molecule has 1 saturated carbocycles. The van der Waals surface area contributed by atoms with E-state index in [4.69, 9.17) is 14.2 Å². The minimum Gasteiger partial charge on any atom is -0.497 e. The third kappa shape index (κ3) is 5.17. The molecule has 2 fully saturated rings. The first kappa shape index (κ1) is 25.5. The molecule has 8 heteroatoms. The molecule has 4 rings (SSSR count). The summed E-state index contributed by atoms with van der Waals surface area (Å²) in [6, 6.07) is 14.1. The van der Waals surface area contributed by atoms with E-state index in [2.05, 4.69) is 5.32 Å². The number of carbonyl (C=O) groups is 3. The Kier molecular flexibility index (Phi) is 7.82. The van der Waals surface area contributed by atoms with E-state index in [1.807, 2.05) is 37.3 Å². The van der Waals surface area contributed by atoms with E-state index in [1.54, 1.807) is 32.4 Å². The number of cyclic esters (lactones) is 1. The first-order chi connectivity index (χ1) is 17.4. The van der Waals surface area contributed by atoms with Crippen LogP contribution < -0.4 is 14.8 Å². The third-order valence-electron chi connectivity index (χ3n) is 7.29. The molecule has 2 aliphatic rings. The molecule has 2 aromatic rings. The van der Waals surface area contributed by atoms with Gasteiger partial charge in [0.1, 0.15) is 11.5 Å². The van der Waals surface area contributed by atoms with Gasteiger partial charge in [-0.05, 0) is 48.9 Å². The molecule has 2 atom stereocenters. The van der Waals surface area contributed by atoms with Crippen molar-refractivity contribution in [2.24, 2.45) is 5.92 Å². The maximum atomic E-state index is 13.9. The number of rotatable bonds is 9. The van der Waals surface area contributed by atoms with Crippen LogP contribution in [0.25, 0.3) is 0 Å². The summed E-state index contributed by atoms with van der Waals surface area (Å²) in [6.07, 6.45) is 4.42. The van der Waals surface area contributed by atoms with Crippen LogP contribution in [-0.2, 0) is 27.3 Å². The van der Waals surface area contributed by atoms with E-state index in [0.29, 0.717) is 11.5 Å². The van der Waals surface area contributed by atoms with Crippen molar-refractivity contribution < 1.29 is 28.6 Å². The first-order valence-corrected chi connectivity index (χ1v) is 12.5. The SMILES string of the molecule is COc1cc(CNC(=O)[C@@]2(Cc3ccccc3)OC(=O)N([C@H](C)C3CCCCC3)C2=O)cc(OC)c1. The number of methoxy groups -OCH3 is 2. The summed E-state index contributed by atoms with van der Waals surface area (Å²) in [5, 5.41) is 2.82. The van der Waals surface area contributed by atoms with Crippen LogP contribution in [0.2, 0.25) is 0 Å².